The Morgan fingerprint density at radius 1 is 1.10 bits per heavy atom. The van der Waals surface area contributed by atoms with E-state index in [0.29, 0.717) is 43.9 Å². The molecule has 1 aliphatic rings. The van der Waals surface area contributed by atoms with Crippen LogP contribution in [0.3, 0.4) is 0 Å². The van der Waals surface area contributed by atoms with E-state index in [-0.39, 0.29) is 29.6 Å². The summed E-state index contributed by atoms with van der Waals surface area (Å²) in [5.41, 5.74) is 4.84. The van der Waals surface area contributed by atoms with Crippen molar-refractivity contribution < 1.29 is 24.3 Å². The highest BCUT2D eigenvalue weighted by Crippen LogP contribution is 2.26. The van der Waals surface area contributed by atoms with Crippen LogP contribution in [0.15, 0.2) is 54.6 Å². The van der Waals surface area contributed by atoms with E-state index in [1.54, 1.807) is 34.6 Å². The maximum atomic E-state index is 13.2. The van der Waals surface area contributed by atoms with Gasteiger partial charge in [0.25, 0.3) is 5.91 Å². The van der Waals surface area contributed by atoms with Crippen LogP contribution in [-0.2, 0) is 16.2 Å². The number of aryl methyl sites for hydroxylation is 1. The Hall–Kier alpha value is -3.98. The third-order valence-electron chi connectivity index (χ3n) is 7.12. The van der Waals surface area contributed by atoms with E-state index in [1.165, 1.54) is 0 Å². The number of rotatable bonds is 8. The van der Waals surface area contributed by atoms with Gasteiger partial charge in [0.1, 0.15) is 12.4 Å². The number of carbonyl (C=O) groups is 3. The molecule has 40 heavy (non-hydrogen) atoms. The van der Waals surface area contributed by atoms with Crippen LogP contribution in [0.4, 0.5) is 0 Å². The quantitative estimate of drug-likeness (QED) is 0.285. The minimum absolute atomic E-state index is 0.0236. The lowest BCUT2D eigenvalue weighted by molar-refractivity contribution is -0.135. The summed E-state index contributed by atoms with van der Waals surface area (Å²) in [6.45, 7) is 9.16. The number of ether oxygens (including phenoxy) is 1. The SMILES string of the molecule is Cc1cc(COc2ccc(C(=O)N[C@@H]3CN(C(=O)CC(C)(C)C)CC[C@H]3CC(=O)NO)cc2)c2ccccc2n1. The standard InChI is InChI=1S/C31H38N4O5/c1-20-15-23(25-7-5-6-8-26(25)32-20)19-40-24-11-9-21(10-12-24)30(38)33-27-18-35(29(37)17-31(2,3)4)14-13-22(27)16-28(36)34-39/h5-12,15,22,27,39H,13-14,16-19H2,1-4H3,(H,33,38)(H,34,36)/t22-,27+/m0/s1. The van der Waals surface area contributed by atoms with Crippen molar-refractivity contribution in [1.29, 1.82) is 0 Å². The Bertz CT molecular complexity index is 1370. The van der Waals surface area contributed by atoms with Crippen LogP contribution < -0.4 is 15.5 Å². The molecule has 1 aliphatic heterocycles. The summed E-state index contributed by atoms with van der Waals surface area (Å²) >= 11 is 0. The first-order valence-corrected chi connectivity index (χ1v) is 13.6. The van der Waals surface area contributed by atoms with Gasteiger partial charge in [0.15, 0.2) is 0 Å². The summed E-state index contributed by atoms with van der Waals surface area (Å²) in [6.07, 6.45) is 0.995. The molecule has 1 saturated heterocycles. The van der Waals surface area contributed by atoms with E-state index in [9.17, 15) is 14.4 Å². The van der Waals surface area contributed by atoms with Crippen molar-refractivity contribution in [3.8, 4) is 5.75 Å². The van der Waals surface area contributed by atoms with Gasteiger partial charge in [-0.2, -0.15) is 0 Å². The summed E-state index contributed by atoms with van der Waals surface area (Å²) in [5, 5.41) is 13.1. The van der Waals surface area contributed by atoms with E-state index in [4.69, 9.17) is 9.94 Å². The van der Waals surface area contributed by atoms with Crippen LogP contribution in [0.25, 0.3) is 10.9 Å². The molecule has 3 amide bonds. The Kier molecular flexibility index (Phi) is 9.04. The van der Waals surface area contributed by atoms with Crippen molar-refractivity contribution in [1.82, 2.24) is 20.7 Å². The topological polar surface area (TPSA) is 121 Å². The van der Waals surface area contributed by atoms with Gasteiger partial charge in [-0.3, -0.25) is 24.6 Å². The van der Waals surface area contributed by atoms with E-state index < -0.39 is 11.9 Å². The number of para-hydroxylation sites is 1. The molecule has 2 aromatic carbocycles. The molecule has 2 heterocycles. The van der Waals surface area contributed by atoms with E-state index >= 15 is 0 Å². The number of hydrogen-bond donors (Lipinski definition) is 3. The highest BCUT2D eigenvalue weighted by atomic mass is 16.5. The second kappa shape index (κ2) is 12.5. The molecule has 1 aromatic heterocycles. The molecule has 0 spiro atoms. The normalized spacial score (nSPS) is 17.4. The van der Waals surface area contributed by atoms with Crippen molar-refractivity contribution in [2.75, 3.05) is 13.1 Å². The molecular formula is C31H38N4O5. The van der Waals surface area contributed by atoms with E-state index in [0.717, 1.165) is 22.2 Å². The van der Waals surface area contributed by atoms with Crippen LogP contribution >= 0.6 is 0 Å². The smallest absolute Gasteiger partial charge is 0.251 e. The third-order valence-corrected chi connectivity index (χ3v) is 7.12. The highest BCUT2D eigenvalue weighted by molar-refractivity contribution is 5.94. The number of hydroxylamine groups is 1. The molecule has 0 saturated carbocycles. The molecule has 9 nitrogen and oxygen atoms in total. The molecule has 0 bridgehead atoms. The number of nitrogens with zero attached hydrogens (tertiary/aromatic N) is 2. The number of aromatic nitrogens is 1. The van der Waals surface area contributed by atoms with Crippen molar-refractivity contribution in [2.24, 2.45) is 11.3 Å². The van der Waals surface area contributed by atoms with Crippen LogP contribution in [0, 0.1) is 18.3 Å². The zero-order valence-corrected chi connectivity index (χ0v) is 23.6. The van der Waals surface area contributed by atoms with Gasteiger partial charge in [0.05, 0.1) is 11.6 Å². The number of likely N-dealkylation sites (tertiary alicyclic amines) is 1. The summed E-state index contributed by atoms with van der Waals surface area (Å²) in [5.74, 6) is -0.375. The molecule has 9 heteroatoms. The predicted molar refractivity (Wildman–Crippen MR) is 152 cm³/mol. The number of pyridine rings is 1. The molecule has 0 aliphatic carbocycles. The monoisotopic (exact) mass is 546 g/mol. The average Bonchev–Trinajstić information content (AvgIpc) is 2.91. The maximum absolute atomic E-state index is 13.2. The molecule has 0 unspecified atom stereocenters. The Balaban J connectivity index is 1.41. The second-order valence-electron chi connectivity index (χ2n) is 11.7. The first-order chi connectivity index (χ1) is 19.0. The fraction of sp³-hybridized carbons (Fsp3) is 0.419. The summed E-state index contributed by atoms with van der Waals surface area (Å²) in [6, 6.07) is 16.4. The number of hydrogen-bond acceptors (Lipinski definition) is 6. The lowest BCUT2D eigenvalue weighted by atomic mass is 9.86. The fourth-order valence-corrected chi connectivity index (χ4v) is 5.11. The number of amides is 3. The van der Waals surface area contributed by atoms with Gasteiger partial charge in [-0.05, 0) is 61.1 Å². The van der Waals surface area contributed by atoms with Gasteiger partial charge >= 0.3 is 0 Å². The summed E-state index contributed by atoms with van der Waals surface area (Å²) in [4.78, 5) is 44.3. The average molecular weight is 547 g/mol. The minimum atomic E-state index is -0.516. The van der Waals surface area contributed by atoms with Gasteiger partial charge in [-0.15, -0.1) is 0 Å². The van der Waals surface area contributed by atoms with Crippen LogP contribution in [-0.4, -0.2) is 51.9 Å². The zero-order valence-electron chi connectivity index (χ0n) is 23.6. The number of nitrogens with one attached hydrogen (secondary N) is 2. The van der Waals surface area contributed by atoms with Crippen molar-refractivity contribution in [2.45, 2.75) is 59.6 Å². The Morgan fingerprint density at radius 2 is 1.82 bits per heavy atom. The van der Waals surface area contributed by atoms with Crippen molar-refractivity contribution >= 4 is 28.6 Å². The van der Waals surface area contributed by atoms with Gasteiger partial charge in [0.2, 0.25) is 11.8 Å². The Labute approximate surface area is 234 Å². The van der Waals surface area contributed by atoms with Crippen LogP contribution in [0.1, 0.15) is 61.6 Å². The maximum Gasteiger partial charge on any atom is 0.251 e. The molecule has 2 atom stereocenters. The predicted octanol–water partition coefficient (Wildman–Crippen LogP) is 4.40. The lowest BCUT2D eigenvalue weighted by Crippen LogP contribution is -2.55. The minimum Gasteiger partial charge on any atom is -0.489 e. The number of benzene rings is 2. The first-order valence-electron chi connectivity index (χ1n) is 13.6. The number of carbonyl (C=O) groups excluding carboxylic acids is 3. The van der Waals surface area contributed by atoms with Crippen molar-refractivity contribution in [3.05, 3.63) is 71.4 Å². The molecule has 4 rings (SSSR count). The molecule has 212 valence electrons. The molecule has 3 N–H and O–H groups in total. The van der Waals surface area contributed by atoms with E-state index in [1.807, 2.05) is 58.0 Å². The third kappa shape index (κ3) is 7.57. The number of fused-ring (bicyclic) bond motifs is 1. The first kappa shape index (κ1) is 29.0. The van der Waals surface area contributed by atoms with E-state index in [2.05, 4.69) is 10.3 Å². The van der Waals surface area contributed by atoms with Crippen LogP contribution in [0.2, 0.25) is 0 Å². The fourth-order valence-electron chi connectivity index (χ4n) is 5.11. The Morgan fingerprint density at radius 3 is 2.52 bits per heavy atom. The molecule has 3 aromatic rings. The largest absolute Gasteiger partial charge is 0.489 e. The highest BCUT2D eigenvalue weighted by Gasteiger charge is 2.34. The molecule has 1 fully saturated rings. The lowest BCUT2D eigenvalue weighted by Gasteiger charge is -2.39. The van der Waals surface area contributed by atoms with Gasteiger partial charge in [0, 0.05) is 48.1 Å². The molecular weight excluding hydrogens is 508 g/mol. The second-order valence-corrected chi connectivity index (χ2v) is 11.7. The molecule has 0 radical (unpaired) electrons. The number of piperidine rings is 1. The summed E-state index contributed by atoms with van der Waals surface area (Å²) in [7, 11) is 0. The van der Waals surface area contributed by atoms with Gasteiger partial charge < -0.3 is 15.0 Å². The zero-order chi connectivity index (χ0) is 28.9. The van der Waals surface area contributed by atoms with Crippen LogP contribution in [0.5, 0.6) is 5.75 Å². The van der Waals surface area contributed by atoms with Gasteiger partial charge in [-0.1, -0.05) is 39.0 Å². The van der Waals surface area contributed by atoms with Crippen molar-refractivity contribution in [3.63, 3.8) is 0 Å². The van der Waals surface area contributed by atoms with Gasteiger partial charge in [-0.25, -0.2) is 5.48 Å². The summed E-state index contributed by atoms with van der Waals surface area (Å²) < 4.78 is 6.02.